The lowest BCUT2D eigenvalue weighted by molar-refractivity contribution is 0.404. The third kappa shape index (κ3) is 6.02. The van der Waals surface area contributed by atoms with Crippen LogP contribution in [0.3, 0.4) is 0 Å². The van der Waals surface area contributed by atoms with Crippen molar-refractivity contribution in [1.29, 1.82) is 5.26 Å². The van der Waals surface area contributed by atoms with Crippen LogP contribution < -0.4 is 5.43 Å². The first-order chi connectivity index (χ1) is 8.72. The summed E-state index contributed by atoms with van der Waals surface area (Å²) in [6.07, 6.45) is 4.43. The van der Waals surface area contributed by atoms with Gasteiger partial charge in [0.25, 0.3) is 0 Å². The molecule has 0 bridgehead atoms. The maximum absolute atomic E-state index is 8.56. The minimum Gasteiger partial charge on any atom is -0.309 e. The fourth-order valence-electron chi connectivity index (χ4n) is 1.47. The second-order valence-electron chi connectivity index (χ2n) is 4.40. The van der Waals surface area contributed by atoms with Gasteiger partial charge >= 0.3 is 0 Å². The molecule has 0 aliphatic heterocycles. The van der Waals surface area contributed by atoms with Crippen molar-refractivity contribution in [2.45, 2.75) is 19.3 Å². The third-order valence-electron chi connectivity index (χ3n) is 2.46. The molecule has 0 saturated heterocycles. The number of hydrogen-bond donors (Lipinski definition) is 1. The molecule has 4 heteroatoms. The van der Waals surface area contributed by atoms with Gasteiger partial charge in [0.1, 0.15) is 0 Å². The molecule has 0 aliphatic rings. The lowest BCUT2D eigenvalue weighted by atomic mass is 10.1. The normalized spacial score (nSPS) is 10.8. The summed E-state index contributed by atoms with van der Waals surface area (Å²) < 4.78 is 0. The van der Waals surface area contributed by atoms with E-state index in [4.69, 9.17) is 5.26 Å². The van der Waals surface area contributed by atoms with Gasteiger partial charge in [0.2, 0.25) is 0 Å². The monoisotopic (exact) mass is 244 g/mol. The lowest BCUT2D eigenvalue weighted by Gasteiger charge is -2.06. The van der Waals surface area contributed by atoms with Crippen LogP contribution in [0.4, 0.5) is 5.69 Å². The van der Waals surface area contributed by atoms with Gasteiger partial charge in [0.05, 0.1) is 18.2 Å². The quantitative estimate of drug-likeness (QED) is 0.455. The van der Waals surface area contributed by atoms with Crippen molar-refractivity contribution in [3.05, 3.63) is 29.8 Å². The lowest BCUT2D eigenvalue weighted by Crippen LogP contribution is -2.12. The molecule has 0 aliphatic carbocycles. The molecule has 4 nitrogen and oxygen atoms in total. The van der Waals surface area contributed by atoms with Gasteiger partial charge in [0, 0.05) is 6.21 Å². The molecular weight excluding hydrogens is 224 g/mol. The van der Waals surface area contributed by atoms with E-state index < -0.39 is 0 Å². The Balaban J connectivity index is 2.26. The van der Waals surface area contributed by atoms with Gasteiger partial charge in [-0.2, -0.15) is 10.4 Å². The highest BCUT2D eigenvalue weighted by atomic mass is 15.3. The Morgan fingerprint density at radius 1 is 1.33 bits per heavy atom. The topological polar surface area (TPSA) is 51.4 Å². The molecule has 0 atom stereocenters. The maximum atomic E-state index is 8.56. The third-order valence-corrected chi connectivity index (χ3v) is 2.46. The van der Waals surface area contributed by atoms with Gasteiger partial charge in [0.15, 0.2) is 0 Å². The Bertz CT molecular complexity index is 401. The Morgan fingerprint density at radius 3 is 2.67 bits per heavy atom. The predicted octanol–water partition coefficient (Wildman–Crippen LogP) is 2.49. The molecule has 0 amide bonds. The van der Waals surface area contributed by atoms with Crippen molar-refractivity contribution in [3.63, 3.8) is 0 Å². The van der Waals surface area contributed by atoms with Crippen LogP contribution in [-0.4, -0.2) is 31.8 Å². The molecule has 0 unspecified atom stereocenters. The van der Waals surface area contributed by atoms with Crippen LogP contribution in [0.5, 0.6) is 0 Å². The molecule has 96 valence electrons. The van der Waals surface area contributed by atoms with Gasteiger partial charge in [-0.15, -0.1) is 0 Å². The van der Waals surface area contributed by atoms with Crippen LogP contribution in [0.15, 0.2) is 29.4 Å². The highest BCUT2D eigenvalue weighted by molar-refractivity contribution is 5.59. The number of rotatable bonds is 7. The predicted molar refractivity (Wildman–Crippen MR) is 75.7 cm³/mol. The van der Waals surface area contributed by atoms with Crippen LogP contribution in [-0.2, 0) is 6.42 Å². The maximum Gasteiger partial charge on any atom is 0.0669 e. The number of anilines is 1. The Labute approximate surface area is 109 Å². The fraction of sp³-hybridized carbons (Fsp3) is 0.429. The van der Waals surface area contributed by atoms with Crippen LogP contribution in [0.2, 0.25) is 0 Å². The second-order valence-corrected chi connectivity index (χ2v) is 4.40. The van der Waals surface area contributed by atoms with Crippen molar-refractivity contribution in [1.82, 2.24) is 4.90 Å². The summed E-state index contributed by atoms with van der Waals surface area (Å²) in [7, 11) is 4.14. The zero-order valence-electron chi connectivity index (χ0n) is 11.1. The summed E-state index contributed by atoms with van der Waals surface area (Å²) >= 11 is 0. The number of hydrogen-bond acceptors (Lipinski definition) is 4. The summed E-state index contributed by atoms with van der Waals surface area (Å²) in [6, 6.07) is 9.87. The molecule has 1 aromatic rings. The first kappa shape index (κ1) is 14.2. The summed E-state index contributed by atoms with van der Waals surface area (Å²) in [4.78, 5) is 2.16. The first-order valence-electron chi connectivity index (χ1n) is 6.10. The molecule has 0 radical (unpaired) electrons. The molecule has 0 spiro atoms. The molecule has 0 saturated carbocycles. The number of nitrogens with zero attached hydrogens (tertiary/aromatic N) is 3. The van der Waals surface area contributed by atoms with Crippen LogP contribution in [0.25, 0.3) is 0 Å². The molecular formula is C14H20N4. The van der Waals surface area contributed by atoms with E-state index in [9.17, 15) is 0 Å². The van der Waals surface area contributed by atoms with E-state index in [-0.39, 0.29) is 0 Å². The van der Waals surface area contributed by atoms with E-state index in [0.717, 1.165) is 30.6 Å². The van der Waals surface area contributed by atoms with E-state index in [0.29, 0.717) is 6.42 Å². The van der Waals surface area contributed by atoms with Crippen LogP contribution in [0, 0.1) is 11.3 Å². The molecule has 0 aromatic heterocycles. The molecule has 0 heterocycles. The summed E-state index contributed by atoms with van der Waals surface area (Å²) in [5.74, 6) is 0. The highest BCUT2D eigenvalue weighted by Crippen LogP contribution is 2.09. The van der Waals surface area contributed by atoms with Crippen LogP contribution >= 0.6 is 0 Å². The number of hydrazone groups is 1. The number of unbranched alkanes of at least 4 members (excludes halogenated alkanes) is 1. The van der Waals surface area contributed by atoms with E-state index in [1.807, 2.05) is 30.5 Å². The summed E-state index contributed by atoms with van der Waals surface area (Å²) in [6.45, 7) is 1.08. The molecule has 1 N–H and O–H groups in total. The minimum atomic E-state index is 0.452. The number of nitrogens with one attached hydrogen (secondary N) is 1. The van der Waals surface area contributed by atoms with Crippen molar-refractivity contribution < 1.29 is 0 Å². The van der Waals surface area contributed by atoms with Gasteiger partial charge in [-0.25, -0.2) is 0 Å². The zero-order chi connectivity index (χ0) is 13.2. The number of nitriles is 1. The average molecular weight is 244 g/mol. The van der Waals surface area contributed by atoms with Crippen LogP contribution in [0.1, 0.15) is 18.4 Å². The standard InChI is InChI=1S/C14H20N4/c1-18(2)12-4-3-11-16-17-14-7-5-13(6-8-14)9-10-15/h5-8,11,17H,3-4,9,12H2,1-2H3/b16-11-. The second kappa shape index (κ2) is 8.26. The van der Waals surface area contributed by atoms with Gasteiger partial charge in [-0.3, -0.25) is 5.43 Å². The van der Waals surface area contributed by atoms with Gasteiger partial charge in [-0.05, 0) is 51.2 Å². The molecule has 1 aromatic carbocycles. The summed E-state index contributed by atoms with van der Waals surface area (Å²) in [5, 5.41) is 12.7. The average Bonchev–Trinajstić information content (AvgIpc) is 2.35. The Hall–Kier alpha value is -1.86. The van der Waals surface area contributed by atoms with E-state index in [1.165, 1.54) is 0 Å². The Morgan fingerprint density at radius 2 is 2.06 bits per heavy atom. The van der Waals surface area contributed by atoms with Crippen molar-refractivity contribution in [3.8, 4) is 6.07 Å². The first-order valence-corrected chi connectivity index (χ1v) is 6.10. The van der Waals surface area contributed by atoms with Crippen molar-refractivity contribution in [2.24, 2.45) is 5.10 Å². The summed E-state index contributed by atoms with van der Waals surface area (Å²) in [5.41, 5.74) is 4.95. The van der Waals surface area contributed by atoms with Gasteiger partial charge in [-0.1, -0.05) is 12.1 Å². The fourth-order valence-corrected chi connectivity index (χ4v) is 1.47. The largest absolute Gasteiger partial charge is 0.309 e. The smallest absolute Gasteiger partial charge is 0.0669 e. The van der Waals surface area contributed by atoms with E-state index >= 15 is 0 Å². The van der Waals surface area contributed by atoms with E-state index in [2.05, 4.69) is 35.6 Å². The molecule has 18 heavy (non-hydrogen) atoms. The molecule has 1 rings (SSSR count). The zero-order valence-corrected chi connectivity index (χ0v) is 11.1. The molecule has 0 fully saturated rings. The van der Waals surface area contributed by atoms with Crippen molar-refractivity contribution >= 4 is 11.9 Å². The number of benzene rings is 1. The van der Waals surface area contributed by atoms with Crippen molar-refractivity contribution in [2.75, 3.05) is 26.1 Å². The van der Waals surface area contributed by atoms with Gasteiger partial charge < -0.3 is 4.90 Å². The van der Waals surface area contributed by atoms with E-state index in [1.54, 1.807) is 0 Å². The Kier molecular flexibility index (Phi) is 6.52. The SMILES string of the molecule is CN(C)CCC/C=N\Nc1ccc(CC#N)cc1. The highest BCUT2D eigenvalue weighted by Gasteiger charge is 1.92. The minimum absolute atomic E-state index is 0.452.